The van der Waals surface area contributed by atoms with Crippen LogP contribution in [-0.2, 0) is 0 Å². The number of hydrogen-bond donors (Lipinski definition) is 1. The van der Waals surface area contributed by atoms with Gasteiger partial charge in [-0.3, -0.25) is 4.98 Å². The Bertz CT molecular complexity index is 480. The molecule has 16 heavy (non-hydrogen) atoms. The quantitative estimate of drug-likeness (QED) is 0.849. The van der Waals surface area contributed by atoms with Crippen molar-refractivity contribution in [3.63, 3.8) is 0 Å². The van der Waals surface area contributed by atoms with Gasteiger partial charge in [0.05, 0.1) is 6.04 Å². The fraction of sp³-hybridized carbons (Fsp3) is 0.364. The van der Waals surface area contributed by atoms with Gasteiger partial charge in [0, 0.05) is 17.5 Å². The van der Waals surface area contributed by atoms with Gasteiger partial charge in [0.15, 0.2) is 0 Å². The Morgan fingerprint density at radius 1 is 1.38 bits per heavy atom. The van der Waals surface area contributed by atoms with Crippen LogP contribution in [0.1, 0.15) is 24.6 Å². The third-order valence-corrected chi connectivity index (χ3v) is 2.39. The van der Waals surface area contributed by atoms with Crippen LogP contribution in [-0.4, -0.2) is 22.2 Å². The zero-order valence-corrected chi connectivity index (χ0v) is 9.56. The van der Waals surface area contributed by atoms with E-state index in [1.165, 1.54) is 0 Å². The van der Waals surface area contributed by atoms with Crippen molar-refractivity contribution in [3.05, 3.63) is 29.9 Å². The Morgan fingerprint density at radius 3 is 2.88 bits per heavy atom. The van der Waals surface area contributed by atoms with Crippen LogP contribution in [0, 0.1) is 6.92 Å². The van der Waals surface area contributed by atoms with Gasteiger partial charge in [0.25, 0.3) is 0 Å². The van der Waals surface area contributed by atoms with Gasteiger partial charge in [-0.05, 0) is 33.0 Å². The number of pyridine rings is 1. The molecule has 0 fully saturated rings. The summed E-state index contributed by atoms with van der Waals surface area (Å²) in [5.41, 5.74) is 1.83. The van der Waals surface area contributed by atoms with Gasteiger partial charge in [0.1, 0.15) is 0 Å². The van der Waals surface area contributed by atoms with E-state index in [0.29, 0.717) is 11.8 Å². The molecule has 0 radical (unpaired) electrons. The molecule has 1 unspecified atom stereocenters. The molecule has 5 heteroatoms. The highest BCUT2D eigenvalue weighted by atomic mass is 16.4. The third-order valence-electron chi connectivity index (χ3n) is 2.39. The number of aromatic nitrogens is 3. The highest BCUT2D eigenvalue weighted by molar-refractivity contribution is 5.52. The fourth-order valence-electron chi connectivity index (χ4n) is 1.33. The van der Waals surface area contributed by atoms with E-state index in [-0.39, 0.29) is 6.04 Å². The number of nitrogens with one attached hydrogen (secondary N) is 1. The normalized spacial score (nSPS) is 12.7. The standard InChI is InChI=1S/C11H14N4O/c1-7-6-9(4-5-13-7)11-15-14-10(16-11)8(2)12-3/h4-6,8,12H,1-3H3. The van der Waals surface area contributed by atoms with E-state index in [4.69, 9.17) is 4.42 Å². The Labute approximate surface area is 93.9 Å². The van der Waals surface area contributed by atoms with E-state index < -0.39 is 0 Å². The van der Waals surface area contributed by atoms with E-state index >= 15 is 0 Å². The maximum absolute atomic E-state index is 5.56. The van der Waals surface area contributed by atoms with Gasteiger partial charge >= 0.3 is 0 Å². The summed E-state index contributed by atoms with van der Waals surface area (Å²) in [4.78, 5) is 4.12. The van der Waals surface area contributed by atoms with Crippen LogP contribution in [0.4, 0.5) is 0 Å². The van der Waals surface area contributed by atoms with Crippen molar-refractivity contribution in [2.45, 2.75) is 19.9 Å². The molecule has 0 amide bonds. The molecular formula is C11H14N4O. The minimum atomic E-state index is 0.0594. The molecule has 0 bridgehead atoms. The maximum Gasteiger partial charge on any atom is 0.247 e. The smallest absolute Gasteiger partial charge is 0.247 e. The van der Waals surface area contributed by atoms with Crippen molar-refractivity contribution in [2.24, 2.45) is 0 Å². The van der Waals surface area contributed by atoms with E-state index in [1.54, 1.807) is 6.20 Å². The average molecular weight is 218 g/mol. The topological polar surface area (TPSA) is 63.8 Å². The molecule has 0 spiro atoms. The first-order valence-corrected chi connectivity index (χ1v) is 5.14. The van der Waals surface area contributed by atoms with Gasteiger partial charge in [0.2, 0.25) is 11.8 Å². The second-order valence-corrected chi connectivity index (χ2v) is 3.64. The molecule has 84 valence electrons. The van der Waals surface area contributed by atoms with Crippen molar-refractivity contribution < 1.29 is 4.42 Å². The summed E-state index contributed by atoms with van der Waals surface area (Å²) in [5, 5.41) is 11.1. The second kappa shape index (κ2) is 4.40. The molecule has 0 saturated carbocycles. The lowest BCUT2D eigenvalue weighted by atomic mass is 10.2. The molecule has 5 nitrogen and oxygen atoms in total. The molecule has 2 aromatic rings. The maximum atomic E-state index is 5.56. The van der Waals surface area contributed by atoms with E-state index in [1.807, 2.05) is 33.0 Å². The molecule has 2 heterocycles. The molecular weight excluding hydrogens is 204 g/mol. The average Bonchev–Trinajstić information content (AvgIpc) is 2.77. The first-order valence-electron chi connectivity index (χ1n) is 5.14. The van der Waals surface area contributed by atoms with Crippen LogP contribution in [0.25, 0.3) is 11.5 Å². The van der Waals surface area contributed by atoms with Crippen molar-refractivity contribution in [1.29, 1.82) is 0 Å². The fourth-order valence-corrected chi connectivity index (χ4v) is 1.33. The van der Waals surface area contributed by atoms with E-state index in [2.05, 4.69) is 20.5 Å². The van der Waals surface area contributed by atoms with Crippen LogP contribution < -0.4 is 5.32 Å². The number of nitrogens with zero attached hydrogens (tertiary/aromatic N) is 3. The summed E-state index contributed by atoms with van der Waals surface area (Å²) in [6.45, 7) is 3.89. The van der Waals surface area contributed by atoms with E-state index in [9.17, 15) is 0 Å². The minimum absolute atomic E-state index is 0.0594. The lowest BCUT2D eigenvalue weighted by molar-refractivity contribution is 0.441. The summed E-state index contributed by atoms with van der Waals surface area (Å²) < 4.78 is 5.56. The molecule has 1 atom stereocenters. The van der Waals surface area contributed by atoms with Gasteiger partial charge in [-0.2, -0.15) is 0 Å². The van der Waals surface area contributed by atoms with Crippen LogP contribution in [0.15, 0.2) is 22.7 Å². The summed E-state index contributed by atoms with van der Waals surface area (Å²) in [6.07, 6.45) is 1.73. The number of hydrogen-bond acceptors (Lipinski definition) is 5. The lowest BCUT2D eigenvalue weighted by Gasteiger charge is -2.02. The Kier molecular flexibility index (Phi) is 2.96. The largest absolute Gasteiger partial charge is 0.419 e. The highest BCUT2D eigenvalue weighted by Gasteiger charge is 2.13. The molecule has 2 rings (SSSR count). The number of rotatable bonds is 3. The summed E-state index contributed by atoms with van der Waals surface area (Å²) >= 11 is 0. The SMILES string of the molecule is CNC(C)c1nnc(-c2ccnc(C)c2)o1. The van der Waals surface area contributed by atoms with Gasteiger partial charge in [-0.15, -0.1) is 10.2 Å². The van der Waals surface area contributed by atoms with Gasteiger partial charge < -0.3 is 9.73 Å². The Balaban J connectivity index is 2.31. The summed E-state index contributed by atoms with van der Waals surface area (Å²) in [6, 6.07) is 3.83. The van der Waals surface area contributed by atoms with Crippen molar-refractivity contribution in [1.82, 2.24) is 20.5 Å². The van der Waals surface area contributed by atoms with Crippen molar-refractivity contribution >= 4 is 0 Å². The molecule has 0 aliphatic carbocycles. The molecule has 2 aromatic heterocycles. The first-order chi connectivity index (χ1) is 7.70. The minimum Gasteiger partial charge on any atom is -0.419 e. The van der Waals surface area contributed by atoms with Gasteiger partial charge in [-0.25, -0.2) is 0 Å². The Morgan fingerprint density at radius 2 is 2.19 bits per heavy atom. The van der Waals surface area contributed by atoms with E-state index in [0.717, 1.165) is 11.3 Å². The Hall–Kier alpha value is -1.75. The third kappa shape index (κ3) is 2.09. The molecule has 0 saturated heterocycles. The summed E-state index contributed by atoms with van der Waals surface area (Å²) in [7, 11) is 1.85. The van der Waals surface area contributed by atoms with Gasteiger partial charge in [-0.1, -0.05) is 0 Å². The van der Waals surface area contributed by atoms with Crippen LogP contribution in [0.3, 0.4) is 0 Å². The van der Waals surface area contributed by atoms with Crippen LogP contribution >= 0.6 is 0 Å². The molecule has 0 aliphatic rings. The molecule has 0 aliphatic heterocycles. The first kappa shape index (κ1) is 10.8. The van der Waals surface area contributed by atoms with Crippen molar-refractivity contribution in [2.75, 3.05) is 7.05 Å². The molecule has 0 aromatic carbocycles. The predicted molar refractivity (Wildman–Crippen MR) is 59.7 cm³/mol. The zero-order chi connectivity index (χ0) is 11.5. The summed E-state index contributed by atoms with van der Waals surface area (Å²) in [5.74, 6) is 1.12. The zero-order valence-electron chi connectivity index (χ0n) is 9.56. The van der Waals surface area contributed by atoms with Crippen molar-refractivity contribution in [3.8, 4) is 11.5 Å². The second-order valence-electron chi connectivity index (χ2n) is 3.64. The van der Waals surface area contributed by atoms with Crippen LogP contribution in [0.5, 0.6) is 0 Å². The lowest BCUT2D eigenvalue weighted by Crippen LogP contribution is -2.12. The monoisotopic (exact) mass is 218 g/mol. The number of aryl methyl sites for hydroxylation is 1. The highest BCUT2D eigenvalue weighted by Crippen LogP contribution is 2.20. The predicted octanol–water partition coefficient (Wildman–Crippen LogP) is 1.72. The van der Waals surface area contributed by atoms with Crippen LogP contribution in [0.2, 0.25) is 0 Å². The molecule has 1 N–H and O–H groups in total.